The topological polar surface area (TPSA) is 133 Å². The number of epoxide rings is 1. The summed E-state index contributed by atoms with van der Waals surface area (Å²) in [7, 11) is 3.16. The van der Waals surface area contributed by atoms with Gasteiger partial charge in [-0.25, -0.2) is 0 Å². The molecule has 0 spiro atoms. The Kier molecular flexibility index (Phi) is 15.1. The smallest absolute Gasteiger partial charge is 0.197 e. The van der Waals surface area contributed by atoms with Crippen molar-refractivity contribution in [3.63, 3.8) is 0 Å². The molecule has 0 N–H and O–H groups in total. The number of methoxy groups -OCH3 is 2. The van der Waals surface area contributed by atoms with Crippen LogP contribution in [0.15, 0.2) is 35.8 Å². The van der Waals surface area contributed by atoms with Crippen molar-refractivity contribution < 1.29 is 43.0 Å². The lowest BCUT2D eigenvalue weighted by atomic mass is 9.76. The highest BCUT2D eigenvalue weighted by Crippen LogP contribution is 2.43. The molecule has 51 heavy (non-hydrogen) atoms. The van der Waals surface area contributed by atoms with Crippen LogP contribution in [-0.2, 0) is 43.0 Å². The molecule has 2 saturated carbocycles. The highest BCUT2D eigenvalue weighted by atomic mass is 16.6. The van der Waals surface area contributed by atoms with Gasteiger partial charge in [0.1, 0.15) is 17.7 Å². The van der Waals surface area contributed by atoms with Crippen molar-refractivity contribution in [3.8, 4) is 0 Å². The van der Waals surface area contributed by atoms with Gasteiger partial charge in [-0.05, 0) is 58.5 Å². The number of carbonyl (C=O) groups excluding carboxylic acids is 6. The molecule has 0 amide bonds. The van der Waals surface area contributed by atoms with Crippen LogP contribution in [0.3, 0.4) is 0 Å². The van der Waals surface area contributed by atoms with Crippen LogP contribution in [0, 0.1) is 27.1 Å². The van der Waals surface area contributed by atoms with Gasteiger partial charge in [0.2, 0.25) is 0 Å². The first-order valence-electron chi connectivity index (χ1n) is 18.2. The average Bonchev–Trinajstić information content (AvgIpc) is 3.70. The molecule has 1 heterocycles. The van der Waals surface area contributed by atoms with Gasteiger partial charge >= 0.3 is 0 Å². The molecular weight excluding hydrogens is 648 g/mol. The number of ketones is 6. The molecule has 0 aromatic rings. The van der Waals surface area contributed by atoms with Gasteiger partial charge in [-0.3, -0.25) is 28.8 Å². The van der Waals surface area contributed by atoms with Crippen molar-refractivity contribution in [3.05, 3.63) is 35.8 Å². The largest absolute Gasteiger partial charge is 0.501 e. The Bertz CT molecular complexity index is 1400. The van der Waals surface area contributed by atoms with Crippen molar-refractivity contribution >= 4 is 34.7 Å². The second-order valence-corrected chi connectivity index (χ2v) is 18.8. The van der Waals surface area contributed by atoms with Gasteiger partial charge in [0.05, 0.1) is 32.5 Å². The fourth-order valence-corrected chi connectivity index (χ4v) is 7.05. The standard InChI is InChI=1S/2C9H14O2.2C8H12O2.C8H12O/c1-9(2)5-7(10)4-8(6-9)11-3;1-9(2)5-4-8(11-3)7(10)6-9;1-8(2)3-5(9)7-6(4-8)10-7;1-8(2)4-6(9)3-7(10)5-8;1-8(2)5-3-4-7(9)6-8/h2*4H,5-6H2,1-3H3;6-7H,3-4H2,1-2H3;3-5H2,1-2H3;3-4H,5-6H2,1-2H3. The van der Waals surface area contributed by atoms with E-state index in [0.717, 1.165) is 31.4 Å². The SMILES string of the molecule is CC1(C)CC(=O)C2OC2C1.CC1(C)CC(=O)CC(=O)C1.CC1(C)CC=CC(=O)C1.COC1=CC(=O)CC(C)(C)C1.COC1=CCC(C)(C)CC1=O. The molecule has 0 bridgehead atoms. The first-order valence-corrected chi connectivity index (χ1v) is 18.2. The van der Waals surface area contributed by atoms with Gasteiger partial charge in [0.25, 0.3) is 0 Å². The van der Waals surface area contributed by atoms with Gasteiger partial charge in [0, 0.05) is 51.0 Å². The van der Waals surface area contributed by atoms with E-state index in [1.807, 2.05) is 26.0 Å². The summed E-state index contributed by atoms with van der Waals surface area (Å²) in [5.41, 5.74) is 0.531. The third-order valence-electron chi connectivity index (χ3n) is 9.54. The first-order chi connectivity index (χ1) is 23.3. The number of hydrogen-bond acceptors (Lipinski definition) is 9. The molecule has 1 aliphatic heterocycles. The fourth-order valence-electron chi connectivity index (χ4n) is 7.05. The Labute approximate surface area is 306 Å². The maximum Gasteiger partial charge on any atom is 0.197 e. The molecule has 6 aliphatic rings. The Morgan fingerprint density at radius 1 is 0.608 bits per heavy atom. The van der Waals surface area contributed by atoms with Crippen molar-refractivity contribution in [2.75, 3.05) is 14.2 Å². The van der Waals surface area contributed by atoms with E-state index in [9.17, 15) is 28.8 Å². The minimum Gasteiger partial charge on any atom is -0.501 e. The Hall–Kier alpha value is -3.20. The van der Waals surface area contributed by atoms with E-state index in [1.165, 1.54) is 0 Å². The van der Waals surface area contributed by atoms with E-state index >= 15 is 0 Å². The average molecular weight is 713 g/mol. The van der Waals surface area contributed by atoms with Crippen molar-refractivity contribution in [1.82, 2.24) is 0 Å². The van der Waals surface area contributed by atoms with Crippen LogP contribution in [-0.4, -0.2) is 61.1 Å². The van der Waals surface area contributed by atoms with Crippen LogP contribution in [0.25, 0.3) is 0 Å². The highest BCUT2D eigenvalue weighted by molar-refractivity contribution is 6.02. The normalized spacial score (nSPS) is 27.5. The summed E-state index contributed by atoms with van der Waals surface area (Å²) in [6.07, 6.45) is 15.3. The summed E-state index contributed by atoms with van der Waals surface area (Å²) >= 11 is 0. The van der Waals surface area contributed by atoms with E-state index in [2.05, 4.69) is 55.4 Å². The van der Waals surface area contributed by atoms with E-state index in [1.54, 1.807) is 26.4 Å². The molecule has 3 fully saturated rings. The molecule has 6 rings (SSSR count). The lowest BCUT2D eigenvalue weighted by Gasteiger charge is -2.27. The molecule has 9 heteroatoms. The summed E-state index contributed by atoms with van der Waals surface area (Å²) in [6, 6.07) is 0. The van der Waals surface area contributed by atoms with E-state index in [4.69, 9.17) is 14.2 Å². The number of ether oxygens (including phenoxy) is 3. The number of Topliss-reactive ketones (excluding diaryl/α,β-unsaturated/α-hetero) is 4. The molecule has 0 aromatic heterocycles. The minimum atomic E-state index is -0.0770. The van der Waals surface area contributed by atoms with Crippen LogP contribution < -0.4 is 0 Å². The minimum absolute atomic E-state index is 0.00646. The van der Waals surface area contributed by atoms with Gasteiger partial charge in [-0.1, -0.05) is 75.3 Å². The second-order valence-electron chi connectivity index (χ2n) is 18.8. The van der Waals surface area contributed by atoms with Gasteiger partial charge < -0.3 is 14.2 Å². The van der Waals surface area contributed by atoms with Crippen molar-refractivity contribution in [2.24, 2.45) is 27.1 Å². The predicted molar refractivity (Wildman–Crippen MR) is 198 cm³/mol. The molecule has 286 valence electrons. The van der Waals surface area contributed by atoms with Crippen molar-refractivity contribution in [2.45, 2.75) is 152 Å². The predicted octanol–water partition coefficient (Wildman–Crippen LogP) is 8.22. The number of fused-ring (bicyclic) bond motifs is 1. The number of rotatable bonds is 2. The zero-order valence-corrected chi connectivity index (χ0v) is 33.4. The van der Waals surface area contributed by atoms with Gasteiger partial charge in [-0.2, -0.15) is 0 Å². The third-order valence-corrected chi connectivity index (χ3v) is 9.54. The summed E-state index contributed by atoms with van der Waals surface area (Å²) < 4.78 is 15.1. The van der Waals surface area contributed by atoms with Gasteiger partial charge in [-0.15, -0.1) is 0 Å². The fraction of sp³-hybridized carbons (Fsp3) is 0.714. The lowest BCUT2D eigenvalue weighted by molar-refractivity contribution is -0.133. The van der Waals surface area contributed by atoms with Crippen LogP contribution in [0.4, 0.5) is 0 Å². The van der Waals surface area contributed by atoms with E-state index in [-0.39, 0.29) is 74.6 Å². The summed E-state index contributed by atoms with van der Waals surface area (Å²) in [4.78, 5) is 66.0. The first kappa shape index (κ1) is 44.0. The maximum absolute atomic E-state index is 11.2. The van der Waals surface area contributed by atoms with Gasteiger partial charge in [0.15, 0.2) is 28.9 Å². The Balaban J connectivity index is 0.000000221. The number of allylic oxidation sites excluding steroid dienone is 6. The monoisotopic (exact) mass is 712 g/mol. The molecule has 0 aromatic carbocycles. The zero-order chi connectivity index (χ0) is 39.0. The van der Waals surface area contributed by atoms with E-state index < -0.39 is 0 Å². The van der Waals surface area contributed by atoms with Crippen LogP contribution >= 0.6 is 0 Å². The Morgan fingerprint density at radius 3 is 1.59 bits per heavy atom. The zero-order valence-electron chi connectivity index (χ0n) is 33.4. The molecule has 2 unspecified atom stereocenters. The van der Waals surface area contributed by atoms with E-state index in [0.29, 0.717) is 50.1 Å². The Morgan fingerprint density at radius 2 is 1.16 bits per heavy atom. The molecule has 0 radical (unpaired) electrons. The number of hydrogen-bond donors (Lipinski definition) is 0. The third kappa shape index (κ3) is 16.3. The summed E-state index contributed by atoms with van der Waals surface area (Å²) in [5.74, 6) is 2.42. The van der Waals surface area contributed by atoms with Crippen LogP contribution in [0.1, 0.15) is 140 Å². The van der Waals surface area contributed by atoms with Crippen LogP contribution in [0.5, 0.6) is 0 Å². The van der Waals surface area contributed by atoms with Crippen molar-refractivity contribution in [1.29, 1.82) is 0 Å². The van der Waals surface area contributed by atoms with Crippen LogP contribution in [0.2, 0.25) is 0 Å². The lowest BCUT2D eigenvalue weighted by Crippen LogP contribution is -2.28. The molecule has 1 saturated heterocycles. The highest BCUT2D eigenvalue weighted by Gasteiger charge is 2.52. The second kappa shape index (κ2) is 17.5. The number of carbonyl (C=O) groups is 6. The maximum atomic E-state index is 11.2. The molecule has 2 atom stereocenters. The summed E-state index contributed by atoms with van der Waals surface area (Å²) in [5, 5.41) is 0. The molecule has 5 aliphatic carbocycles. The molecular formula is C42H64O9. The summed E-state index contributed by atoms with van der Waals surface area (Å²) in [6.45, 7) is 20.8. The quantitative estimate of drug-likeness (QED) is 0.205. The molecule has 9 nitrogen and oxygen atoms in total.